The molecule has 2 aromatic rings. The quantitative estimate of drug-likeness (QED) is 0.610. The number of hydrogen-bond donors (Lipinski definition) is 0. The molecule has 0 unspecified atom stereocenters. The third kappa shape index (κ3) is 3.80. The molecule has 0 aliphatic carbocycles. The highest BCUT2D eigenvalue weighted by atomic mass is 16.5. The molecule has 7 heteroatoms. The minimum atomic E-state index is -0.0224. The van der Waals surface area contributed by atoms with Crippen molar-refractivity contribution in [3.63, 3.8) is 0 Å². The fourth-order valence-electron chi connectivity index (χ4n) is 5.21. The fourth-order valence-corrected chi connectivity index (χ4v) is 5.21. The largest absolute Gasteiger partial charge is 0.493 e. The summed E-state index contributed by atoms with van der Waals surface area (Å²) in [4.78, 5) is 2.25. The Morgan fingerprint density at radius 3 is 2.18 bits per heavy atom. The molecule has 2 aliphatic rings. The van der Waals surface area contributed by atoms with Crippen LogP contribution in [0.4, 0.5) is 0 Å². The lowest BCUT2D eigenvalue weighted by molar-refractivity contribution is 0.291. The first kappa shape index (κ1) is 22.7. The predicted octanol–water partition coefficient (Wildman–Crippen LogP) is 4.62. The van der Waals surface area contributed by atoms with Gasteiger partial charge in [0.15, 0.2) is 23.0 Å². The van der Waals surface area contributed by atoms with Crippen molar-refractivity contribution in [1.82, 2.24) is 4.90 Å². The Balaban J connectivity index is 1.97. The third-order valence-electron chi connectivity index (χ3n) is 6.69. The molecule has 0 N–H and O–H groups in total. The van der Waals surface area contributed by atoms with E-state index in [0.717, 1.165) is 42.5 Å². The summed E-state index contributed by atoms with van der Waals surface area (Å²) in [6.45, 7) is 0.880. The Morgan fingerprint density at radius 1 is 0.848 bits per heavy atom. The molecule has 2 aromatic carbocycles. The highest BCUT2D eigenvalue weighted by Gasteiger charge is 2.40. The molecule has 1 fully saturated rings. The van der Waals surface area contributed by atoms with Crippen LogP contribution < -0.4 is 23.7 Å². The molecular formula is C26H30N2O5. The van der Waals surface area contributed by atoms with Crippen LogP contribution in [-0.2, 0) is 0 Å². The average molecular weight is 451 g/mol. The zero-order valence-electron chi connectivity index (χ0n) is 19.8. The summed E-state index contributed by atoms with van der Waals surface area (Å²) in [5, 5.41) is 10.3. The van der Waals surface area contributed by atoms with E-state index in [1.54, 1.807) is 35.5 Å². The van der Waals surface area contributed by atoms with Gasteiger partial charge in [-0.3, -0.25) is 0 Å². The lowest BCUT2D eigenvalue weighted by Gasteiger charge is -2.38. The van der Waals surface area contributed by atoms with Crippen molar-refractivity contribution in [3.8, 4) is 34.8 Å². The maximum Gasteiger partial charge on any atom is 0.203 e. The van der Waals surface area contributed by atoms with Gasteiger partial charge in [0, 0.05) is 29.6 Å². The van der Waals surface area contributed by atoms with Crippen molar-refractivity contribution in [3.05, 3.63) is 47.2 Å². The first-order chi connectivity index (χ1) is 16.1. The molecule has 4 rings (SSSR count). The molecule has 2 heterocycles. The van der Waals surface area contributed by atoms with E-state index in [1.807, 2.05) is 24.3 Å². The van der Waals surface area contributed by atoms with Crippen LogP contribution in [0.5, 0.6) is 28.7 Å². The molecular weight excluding hydrogens is 420 g/mol. The number of fused-ring (bicyclic) bond motifs is 1. The molecule has 2 atom stereocenters. The van der Waals surface area contributed by atoms with Gasteiger partial charge in [0.2, 0.25) is 5.75 Å². The van der Waals surface area contributed by atoms with Crippen molar-refractivity contribution >= 4 is 5.57 Å². The summed E-state index contributed by atoms with van der Waals surface area (Å²) >= 11 is 0. The number of allylic oxidation sites excluding steroid dienone is 2. The highest BCUT2D eigenvalue weighted by Crippen LogP contribution is 2.52. The summed E-state index contributed by atoms with van der Waals surface area (Å²) in [5.41, 5.74) is 3.52. The molecule has 7 nitrogen and oxygen atoms in total. The van der Waals surface area contributed by atoms with E-state index in [1.165, 1.54) is 0 Å². The van der Waals surface area contributed by atoms with E-state index in [4.69, 9.17) is 23.7 Å². The van der Waals surface area contributed by atoms with Gasteiger partial charge in [-0.15, -0.1) is 0 Å². The summed E-state index contributed by atoms with van der Waals surface area (Å²) < 4.78 is 28.0. The fraction of sp³-hybridized carbons (Fsp3) is 0.423. The van der Waals surface area contributed by atoms with Gasteiger partial charge in [-0.1, -0.05) is 6.07 Å². The number of nitrogens with zero attached hydrogens (tertiary/aromatic N) is 2. The normalized spacial score (nSPS) is 19.6. The topological polar surface area (TPSA) is 73.2 Å². The molecule has 0 radical (unpaired) electrons. The number of ether oxygens (including phenoxy) is 5. The standard InChI is InChI=1S/C26H30N2O5/c1-29-21-10-8-16(13-23(21)31-3)19-14-17-7-6-12-28(17)20(15-27)24(19)18-9-11-22(30-2)26(33-5)25(18)32-4/h8-11,13,17,19H,6-7,12,14H2,1-5H3/t17-,19-/m1/s1. The average Bonchev–Trinajstić information content (AvgIpc) is 3.34. The Labute approximate surface area is 195 Å². The van der Waals surface area contributed by atoms with E-state index in [0.29, 0.717) is 40.5 Å². The lowest BCUT2D eigenvalue weighted by Crippen LogP contribution is -2.35. The van der Waals surface area contributed by atoms with E-state index >= 15 is 0 Å². The van der Waals surface area contributed by atoms with Gasteiger partial charge in [0.05, 0.1) is 35.5 Å². The van der Waals surface area contributed by atoms with Gasteiger partial charge in [0.1, 0.15) is 11.8 Å². The Morgan fingerprint density at radius 2 is 1.55 bits per heavy atom. The molecule has 0 spiro atoms. The van der Waals surface area contributed by atoms with Crippen LogP contribution in [0.2, 0.25) is 0 Å². The number of hydrogen-bond acceptors (Lipinski definition) is 7. The van der Waals surface area contributed by atoms with Crippen LogP contribution in [0, 0.1) is 11.3 Å². The van der Waals surface area contributed by atoms with Gasteiger partial charge in [-0.05, 0) is 49.1 Å². The third-order valence-corrected chi connectivity index (χ3v) is 6.69. The van der Waals surface area contributed by atoms with Crippen molar-refractivity contribution < 1.29 is 23.7 Å². The van der Waals surface area contributed by atoms with Crippen LogP contribution in [0.1, 0.15) is 36.3 Å². The first-order valence-corrected chi connectivity index (χ1v) is 11.0. The Bertz CT molecular complexity index is 1100. The van der Waals surface area contributed by atoms with Crippen LogP contribution in [0.3, 0.4) is 0 Å². The van der Waals surface area contributed by atoms with Gasteiger partial charge in [0.25, 0.3) is 0 Å². The minimum Gasteiger partial charge on any atom is -0.493 e. The second-order valence-electron chi connectivity index (χ2n) is 8.15. The SMILES string of the molecule is COc1ccc([C@H]2C[C@H]3CCCN3C(C#N)=C2c2ccc(OC)c(OC)c2OC)cc1OC. The maximum atomic E-state index is 10.3. The monoisotopic (exact) mass is 450 g/mol. The Kier molecular flexibility index (Phi) is 6.55. The van der Waals surface area contributed by atoms with Gasteiger partial charge < -0.3 is 28.6 Å². The second-order valence-corrected chi connectivity index (χ2v) is 8.15. The lowest BCUT2D eigenvalue weighted by atomic mass is 9.77. The zero-order chi connectivity index (χ0) is 23.5. The minimum absolute atomic E-state index is 0.0224. The highest BCUT2D eigenvalue weighted by molar-refractivity contribution is 5.83. The van der Waals surface area contributed by atoms with E-state index in [-0.39, 0.29) is 5.92 Å². The number of methoxy groups -OCH3 is 5. The van der Waals surface area contributed by atoms with Crippen LogP contribution in [0.15, 0.2) is 36.0 Å². The van der Waals surface area contributed by atoms with E-state index in [2.05, 4.69) is 17.0 Å². The Hall–Kier alpha value is -3.53. The summed E-state index contributed by atoms with van der Waals surface area (Å²) in [6.07, 6.45) is 3.05. The van der Waals surface area contributed by atoms with Gasteiger partial charge in [-0.2, -0.15) is 5.26 Å². The molecule has 0 amide bonds. The molecule has 33 heavy (non-hydrogen) atoms. The molecule has 1 saturated heterocycles. The molecule has 174 valence electrons. The molecule has 0 aromatic heterocycles. The van der Waals surface area contributed by atoms with Gasteiger partial charge in [-0.25, -0.2) is 0 Å². The number of benzene rings is 2. The molecule has 2 aliphatic heterocycles. The van der Waals surface area contributed by atoms with Crippen LogP contribution >= 0.6 is 0 Å². The maximum absolute atomic E-state index is 10.3. The first-order valence-electron chi connectivity index (χ1n) is 11.0. The van der Waals surface area contributed by atoms with Crippen LogP contribution in [-0.4, -0.2) is 53.0 Å². The number of nitriles is 1. The predicted molar refractivity (Wildman–Crippen MR) is 125 cm³/mol. The summed E-state index contributed by atoms with van der Waals surface area (Å²) in [6, 6.07) is 12.6. The summed E-state index contributed by atoms with van der Waals surface area (Å²) in [7, 11) is 8.06. The number of rotatable bonds is 7. The van der Waals surface area contributed by atoms with E-state index < -0.39 is 0 Å². The summed E-state index contributed by atoms with van der Waals surface area (Å²) in [5.74, 6) is 2.97. The van der Waals surface area contributed by atoms with Crippen molar-refractivity contribution in [2.45, 2.75) is 31.2 Å². The second kappa shape index (κ2) is 9.53. The van der Waals surface area contributed by atoms with Crippen molar-refractivity contribution in [2.75, 3.05) is 42.1 Å². The molecule has 0 saturated carbocycles. The molecule has 0 bridgehead atoms. The zero-order valence-corrected chi connectivity index (χ0v) is 19.8. The smallest absolute Gasteiger partial charge is 0.203 e. The van der Waals surface area contributed by atoms with Crippen LogP contribution in [0.25, 0.3) is 5.57 Å². The van der Waals surface area contributed by atoms with E-state index in [9.17, 15) is 5.26 Å². The van der Waals surface area contributed by atoms with Crippen molar-refractivity contribution in [1.29, 1.82) is 5.26 Å². The van der Waals surface area contributed by atoms with Crippen molar-refractivity contribution in [2.24, 2.45) is 0 Å². The van der Waals surface area contributed by atoms with Gasteiger partial charge >= 0.3 is 0 Å².